The van der Waals surface area contributed by atoms with Crippen molar-refractivity contribution >= 4 is 11.6 Å². The fourth-order valence-electron chi connectivity index (χ4n) is 2.08. The van der Waals surface area contributed by atoms with Crippen molar-refractivity contribution in [2.45, 2.75) is 33.2 Å². The van der Waals surface area contributed by atoms with Crippen LogP contribution in [0.3, 0.4) is 0 Å². The highest BCUT2D eigenvalue weighted by Crippen LogP contribution is 2.16. The highest BCUT2D eigenvalue weighted by atomic mass is 35.5. The molecule has 5 heteroatoms. The maximum absolute atomic E-state index is 5.75. The number of alkyl halides is 1. The third-order valence-electron chi connectivity index (χ3n) is 2.94. The van der Waals surface area contributed by atoms with Gasteiger partial charge in [0.15, 0.2) is 0 Å². The maximum atomic E-state index is 5.75. The van der Waals surface area contributed by atoms with Crippen molar-refractivity contribution in [3.05, 3.63) is 41.2 Å². The molecule has 0 aliphatic heterocycles. The van der Waals surface area contributed by atoms with Gasteiger partial charge in [-0.1, -0.05) is 11.3 Å². The van der Waals surface area contributed by atoms with Crippen LogP contribution in [0.2, 0.25) is 0 Å². The lowest BCUT2D eigenvalue weighted by atomic mass is 10.1. The van der Waals surface area contributed by atoms with E-state index in [4.69, 9.17) is 16.3 Å². The van der Waals surface area contributed by atoms with Gasteiger partial charge in [0.2, 0.25) is 0 Å². The molecule has 1 aromatic heterocycles. The molecule has 2 aromatic rings. The molecule has 0 aliphatic rings. The molecule has 0 radical (unpaired) electrons. The fraction of sp³-hybridized carbons (Fsp3) is 0.467. The molecular weight excluding hydrogens is 274 g/mol. The summed E-state index contributed by atoms with van der Waals surface area (Å²) in [5.41, 5.74) is 3.41. The van der Waals surface area contributed by atoms with Gasteiger partial charge in [-0.3, -0.25) is 0 Å². The van der Waals surface area contributed by atoms with Crippen LogP contribution in [0.25, 0.3) is 0 Å². The Morgan fingerprint density at radius 2 is 1.95 bits per heavy atom. The predicted octanol–water partition coefficient (Wildman–Crippen LogP) is 3.15. The lowest BCUT2D eigenvalue weighted by Crippen LogP contribution is -2.08. The summed E-state index contributed by atoms with van der Waals surface area (Å²) < 4.78 is 7.56. The zero-order chi connectivity index (χ0) is 14.4. The lowest BCUT2D eigenvalue weighted by Gasteiger charge is -2.07. The van der Waals surface area contributed by atoms with Crippen LogP contribution in [0.15, 0.2) is 24.4 Å². The molecule has 0 saturated carbocycles. The van der Waals surface area contributed by atoms with Crippen molar-refractivity contribution < 1.29 is 4.74 Å². The quantitative estimate of drug-likeness (QED) is 0.736. The molecule has 1 heterocycles. The van der Waals surface area contributed by atoms with Gasteiger partial charge in [-0.05, 0) is 49.9 Å². The molecule has 0 unspecified atom stereocenters. The molecule has 0 aliphatic carbocycles. The number of nitrogens with zero attached hydrogens (tertiary/aromatic N) is 3. The molecule has 0 saturated heterocycles. The SMILES string of the molecule is Cc1cc(C)cc(OCCn2cc(CCCCl)nn2)c1. The molecule has 0 spiro atoms. The third kappa shape index (κ3) is 4.53. The molecule has 108 valence electrons. The van der Waals surface area contributed by atoms with Gasteiger partial charge in [0.25, 0.3) is 0 Å². The second-order valence-electron chi connectivity index (χ2n) is 4.94. The summed E-state index contributed by atoms with van der Waals surface area (Å²) in [6.45, 7) is 5.42. The van der Waals surface area contributed by atoms with Crippen LogP contribution in [0.5, 0.6) is 5.75 Å². The van der Waals surface area contributed by atoms with Gasteiger partial charge in [-0.25, -0.2) is 4.68 Å². The number of aromatic nitrogens is 3. The Morgan fingerprint density at radius 1 is 1.20 bits per heavy atom. The molecule has 1 aromatic carbocycles. The topological polar surface area (TPSA) is 39.9 Å². The van der Waals surface area contributed by atoms with Gasteiger partial charge in [0.05, 0.1) is 12.2 Å². The summed E-state index contributed by atoms with van der Waals surface area (Å²) >= 11 is 5.66. The third-order valence-corrected chi connectivity index (χ3v) is 3.20. The first-order chi connectivity index (χ1) is 9.67. The molecule has 0 amide bonds. The minimum atomic E-state index is 0.585. The van der Waals surface area contributed by atoms with E-state index >= 15 is 0 Å². The Balaban J connectivity index is 1.81. The van der Waals surface area contributed by atoms with E-state index in [-0.39, 0.29) is 0 Å². The normalized spacial score (nSPS) is 10.8. The summed E-state index contributed by atoms with van der Waals surface area (Å²) in [5.74, 6) is 1.56. The Labute approximate surface area is 124 Å². The van der Waals surface area contributed by atoms with Crippen LogP contribution in [0.4, 0.5) is 0 Å². The van der Waals surface area contributed by atoms with Crippen LogP contribution >= 0.6 is 11.6 Å². The Bertz CT molecular complexity index is 534. The number of benzene rings is 1. The fourth-order valence-corrected chi connectivity index (χ4v) is 2.22. The molecular formula is C15H20ClN3O. The minimum absolute atomic E-state index is 0.585. The molecule has 4 nitrogen and oxygen atoms in total. The average Bonchev–Trinajstić information content (AvgIpc) is 2.83. The Morgan fingerprint density at radius 3 is 2.65 bits per heavy atom. The summed E-state index contributed by atoms with van der Waals surface area (Å²) in [5, 5.41) is 8.19. The first-order valence-electron chi connectivity index (χ1n) is 6.83. The maximum Gasteiger partial charge on any atom is 0.119 e. The standard InChI is InChI=1S/C15H20ClN3O/c1-12-8-13(2)10-15(9-12)20-7-6-19-11-14(17-18-19)4-3-5-16/h8-11H,3-7H2,1-2H3. The number of rotatable bonds is 7. The monoisotopic (exact) mass is 293 g/mol. The van der Waals surface area contributed by atoms with Crippen LogP contribution in [-0.2, 0) is 13.0 Å². The van der Waals surface area contributed by atoms with Crippen molar-refractivity contribution in [3.63, 3.8) is 0 Å². The van der Waals surface area contributed by atoms with Gasteiger partial charge in [-0.15, -0.1) is 16.7 Å². The van der Waals surface area contributed by atoms with E-state index in [1.54, 1.807) is 0 Å². The number of halogens is 1. The first kappa shape index (κ1) is 14.9. The zero-order valence-electron chi connectivity index (χ0n) is 12.0. The van der Waals surface area contributed by atoms with Gasteiger partial charge >= 0.3 is 0 Å². The van der Waals surface area contributed by atoms with E-state index in [1.165, 1.54) is 11.1 Å². The number of aryl methyl sites for hydroxylation is 3. The van der Waals surface area contributed by atoms with Crippen molar-refractivity contribution in [3.8, 4) is 5.75 Å². The van der Waals surface area contributed by atoms with Crippen molar-refractivity contribution in [1.82, 2.24) is 15.0 Å². The smallest absolute Gasteiger partial charge is 0.119 e. The van der Waals surface area contributed by atoms with E-state index < -0.39 is 0 Å². The summed E-state index contributed by atoms with van der Waals surface area (Å²) in [6, 6.07) is 6.22. The average molecular weight is 294 g/mol. The second-order valence-corrected chi connectivity index (χ2v) is 5.32. The van der Waals surface area contributed by atoms with E-state index in [0.29, 0.717) is 19.0 Å². The van der Waals surface area contributed by atoms with Crippen molar-refractivity contribution in [2.24, 2.45) is 0 Å². The molecule has 0 bridgehead atoms. The van der Waals surface area contributed by atoms with E-state index in [0.717, 1.165) is 24.3 Å². The first-order valence-corrected chi connectivity index (χ1v) is 7.37. The molecule has 0 fully saturated rings. The van der Waals surface area contributed by atoms with Crippen LogP contribution in [0, 0.1) is 13.8 Å². The zero-order valence-corrected chi connectivity index (χ0v) is 12.7. The number of hydrogen-bond donors (Lipinski definition) is 0. The van der Waals surface area contributed by atoms with Crippen LogP contribution < -0.4 is 4.74 Å². The summed E-state index contributed by atoms with van der Waals surface area (Å²) in [7, 11) is 0. The van der Waals surface area contributed by atoms with Crippen molar-refractivity contribution in [1.29, 1.82) is 0 Å². The van der Waals surface area contributed by atoms with Gasteiger partial charge in [0, 0.05) is 12.1 Å². The summed E-state index contributed by atoms with van der Waals surface area (Å²) in [6.07, 6.45) is 3.76. The number of hydrogen-bond acceptors (Lipinski definition) is 3. The van der Waals surface area contributed by atoms with Gasteiger partial charge in [-0.2, -0.15) is 0 Å². The molecule has 0 atom stereocenters. The number of ether oxygens (including phenoxy) is 1. The predicted molar refractivity (Wildman–Crippen MR) is 80.5 cm³/mol. The minimum Gasteiger partial charge on any atom is -0.492 e. The van der Waals surface area contributed by atoms with E-state index in [9.17, 15) is 0 Å². The van der Waals surface area contributed by atoms with Crippen LogP contribution in [-0.4, -0.2) is 27.5 Å². The van der Waals surface area contributed by atoms with Gasteiger partial charge < -0.3 is 4.74 Å². The van der Waals surface area contributed by atoms with E-state index in [1.807, 2.05) is 23.0 Å². The van der Waals surface area contributed by atoms with Gasteiger partial charge in [0.1, 0.15) is 12.4 Å². The van der Waals surface area contributed by atoms with E-state index in [2.05, 4.69) is 30.2 Å². The molecule has 0 N–H and O–H groups in total. The Kier molecular flexibility index (Phi) is 5.41. The molecule has 2 rings (SSSR count). The van der Waals surface area contributed by atoms with Crippen LogP contribution in [0.1, 0.15) is 23.2 Å². The second kappa shape index (κ2) is 7.29. The lowest BCUT2D eigenvalue weighted by molar-refractivity contribution is 0.289. The largest absolute Gasteiger partial charge is 0.492 e. The Hall–Kier alpha value is -1.55. The highest BCUT2D eigenvalue weighted by molar-refractivity contribution is 6.17. The summed E-state index contributed by atoms with van der Waals surface area (Å²) in [4.78, 5) is 0. The van der Waals surface area contributed by atoms with Crippen molar-refractivity contribution in [2.75, 3.05) is 12.5 Å². The highest BCUT2D eigenvalue weighted by Gasteiger charge is 2.01. The molecule has 20 heavy (non-hydrogen) atoms.